The normalized spacial score (nSPS) is 18.4. The highest BCUT2D eigenvalue weighted by Crippen LogP contribution is 2.35. The summed E-state index contributed by atoms with van der Waals surface area (Å²) < 4.78 is 5.17. The van der Waals surface area contributed by atoms with Gasteiger partial charge in [-0.3, -0.25) is 4.79 Å². The number of rotatable bonds is 5. The Kier molecular flexibility index (Phi) is 5.39. The average Bonchev–Trinajstić information content (AvgIpc) is 3.03. The van der Waals surface area contributed by atoms with E-state index in [0.717, 1.165) is 11.3 Å². The number of methoxy groups -OCH3 is 1. The molecule has 2 N–H and O–H groups in total. The fraction of sp³-hybridized carbons (Fsp3) is 0.238. The molecule has 1 unspecified atom stereocenters. The van der Waals surface area contributed by atoms with Gasteiger partial charge in [0, 0.05) is 6.54 Å². The maximum Gasteiger partial charge on any atom is 0.319 e. The number of nitrogens with one attached hydrogen (secondary N) is 2. The standard InChI is InChI=1S/C21H19Cl2N3O3/c1-29-14-5-2-12(3-6-14)8-9-26-11-17-18(20(26)27)19(25-21(28)24-17)13-4-7-15(22)16(23)10-13/h2-7,10,19H,8-9,11H2,1H3,(H2,24,25,28). The van der Waals surface area contributed by atoms with Gasteiger partial charge in [-0.2, -0.15) is 0 Å². The van der Waals surface area contributed by atoms with E-state index in [2.05, 4.69) is 10.6 Å². The SMILES string of the molecule is COc1ccc(CCN2CC3=C(C2=O)C(c2ccc(Cl)c(Cl)c2)NC(=O)N3)cc1. The number of hydrogen-bond donors (Lipinski definition) is 2. The minimum absolute atomic E-state index is 0.0999. The number of ether oxygens (including phenoxy) is 1. The highest BCUT2D eigenvalue weighted by molar-refractivity contribution is 6.42. The van der Waals surface area contributed by atoms with Crippen molar-refractivity contribution in [1.82, 2.24) is 15.5 Å². The van der Waals surface area contributed by atoms with Crippen molar-refractivity contribution in [2.75, 3.05) is 20.2 Å². The molecule has 0 saturated carbocycles. The van der Waals surface area contributed by atoms with E-state index in [1.54, 1.807) is 30.2 Å². The van der Waals surface area contributed by atoms with Gasteiger partial charge in [-0.25, -0.2) is 4.79 Å². The van der Waals surface area contributed by atoms with Crippen molar-refractivity contribution >= 4 is 35.1 Å². The molecule has 1 atom stereocenters. The zero-order chi connectivity index (χ0) is 20.5. The third-order valence-corrected chi connectivity index (χ3v) is 5.87. The lowest BCUT2D eigenvalue weighted by atomic mass is 9.96. The van der Waals surface area contributed by atoms with E-state index in [-0.39, 0.29) is 11.9 Å². The van der Waals surface area contributed by atoms with Gasteiger partial charge in [0.05, 0.1) is 41.0 Å². The lowest BCUT2D eigenvalue weighted by molar-refractivity contribution is -0.125. The maximum atomic E-state index is 13.1. The van der Waals surface area contributed by atoms with E-state index in [0.29, 0.717) is 46.4 Å². The van der Waals surface area contributed by atoms with Gasteiger partial charge in [-0.05, 0) is 41.8 Å². The van der Waals surface area contributed by atoms with E-state index in [4.69, 9.17) is 27.9 Å². The molecule has 2 aromatic carbocycles. The summed E-state index contributed by atoms with van der Waals surface area (Å²) >= 11 is 12.1. The molecule has 2 aliphatic heterocycles. The van der Waals surface area contributed by atoms with E-state index < -0.39 is 6.04 Å². The summed E-state index contributed by atoms with van der Waals surface area (Å²) in [6, 6.07) is 12.0. The van der Waals surface area contributed by atoms with Gasteiger partial charge in [0.25, 0.3) is 5.91 Å². The molecule has 0 aromatic heterocycles. The number of benzene rings is 2. The van der Waals surface area contributed by atoms with Crippen molar-refractivity contribution in [2.45, 2.75) is 12.5 Å². The Balaban J connectivity index is 1.52. The summed E-state index contributed by atoms with van der Waals surface area (Å²) in [6.07, 6.45) is 0.703. The van der Waals surface area contributed by atoms with Crippen LogP contribution in [0.2, 0.25) is 10.0 Å². The van der Waals surface area contributed by atoms with Crippen molar-refractivity contribution in [3.8, 4) is 5.75 Å². The topological polar surface area (TPSA) is 70.7 Å². The van der Waals surface area contributed by atoms with Gasteiger partial charge in [0.2, 0.25) is 0 Å². The molecule has 0 bridgehead atoms. The summed E-state index contributed by atoms with van der Waals surface area (Å²) in [5.41, 5.74) is 2.99. The number of hydrogen-bond acceptors (Lipinski definition) is 3. The zero-order valence-electron chi connectivity index (χ0n) is 15.7. The number of urea groups is 1. The first-order valence-corrected chi connectivity index (χ1v) is 9.89. The van der Waals surface area contributed by atoms with Crippen LogP contribution in [0.15, 0.2) is 53.7 Å². The zero-order valence-corrected chi connectivity index (χ0v) is 17.2. The molecular formula is C21H19Cl2N3O3. The van der Waals surface area contributed by atoms with Crippen molar-refractivity contribution in [3.63, 3.8) is 0 Å². The van der Waals surface area contributed by atoms with Crippen LogP contribution in [0.5, 0.6) is 5.75 Å². The highest BCUT2D eigenvalue weighted by atomic mass is 35.5. The van der Waals surface area contributed by atoms with Gasteiger partial charge in [-0.15, -0.1) is 0 Å². The van der Waals surface area contributed by atoms with Crippen LogP contribution in [0.25, 0.3) is 0 Å². The predicted molar refractivity (Wildman–Crippen MR) is 111 cm³/mol. The molecule has 0 fully saturated rings. The Morgan fingerprint density at radius 1 is 1.10 bits per heavy atom. The number of amides is 3. The van der Waals surface area contributed by atoms with E-state index in [1.165, 1.54) is 0 Å². The highest BCUT2D eigenvalue weighted by Gasteiger charge is 2.40. The molecule has 0 radical (unpaired) electrons. The van der Waals surface area contributed by atoms with Gasteiger partial charge < -0.3 is 20.3 Å². The monoisotopic (exact) mass is 431 g/mol. The van der Waals surface area contributed by atoms with Crippen LogP contribution in [-0.4, -0.2) is 37.0 Å². The van der Waals surface area contributed by atoms with Crippen LogP contribution in [0.3, 0.4) is 0 Å². The number of carbonyl (C=O) groups excluding carboxylic acids is 2. The summed E-state index contributed by atoms with van der Waals surface area (Å²) in [5.74, 6) is 0.693. The van der Waals surface area contributed by atoms with Crippen LogP contribution in [0.1, 0.15) is 17.2 Å². The fourth-order valence-electron chi connectivity index (χ4n) is 3.61. The van der Waals surface area contributed by atoms with Gasteiger partial charge >= 0.3 is 6.03 Å². The molecule has 29 heavy (non-hydrogen) atoms. The molecule has 150 valence electrons. The molecule has 0 saturated heterocycles. The van der Waals surface area contributed by atoms with E-state index in [9.17, 15) is 9.59 Å². The predicted octanol–water partition coefficient (Wildman–Crippen LogP) is 3.69. The first kappa shape index (κ1) is 19.6. The van der Waals surface area contributed by atoms with Crippen LogP contribution in [0.4, 0.5) is 4.79 Å². The molecule has 2 aromatic rings. The largest absolute Gasteiger partial charge is 0.497 e. The fourth-order valence-corrected chi connectivity index (χ4v) is 3.91. The second-order valence-corrected chi connectivity index (χ2v) is 7.74. The number of carbonyl (C=O) groups is 2. The Labute approximate surface area is 178 Å². The van der Waals surface area contributed by atoms with Gasteiger partial charge in [0.15, 0.2) is 0 Å². The van der Waals surface area contributed by atoms with E-state index in [1.807, 2.05) is 24.3 Å². The van der Waals surface area contributed by atoms with Crippen molar-refractivity contribution in [1.29, 1.82) is 0 Å². The molecule has 2 aliphatic rings. The average molecular weight is 432 g/mol. The molecule has 2 heterocycles. The Morgan fingerprint density at radius 2 is 1.86 bits per heavy atom. The first-order chi connectivity index (χ1) is 14.0. The minimum atomic E-state index is -0.563. The van der Waals surface area contributed by atoms with Crippen molar-refractivity contribution in [3.05, 3.63) is 74.9 Å². The molecule has 8 heteroatoms. The molecule has 6 nitrogen and oxygen atoms in total. The Morgan fingerprint density at radius 3 is 2.55 bits per heavy atom. The summed E-state index contributed by atoms with van der Waals surface area (Å²) in [4.78, 5) is 27.0. The maximum absolute atomic E-state index is 13.1. The Hall–Kier alpha value is -2.70. The lowest BCUT2D eigenvalue weighted by Crippen LogP contribution is -2.44. The second kappa shape index (κ2) is 7.97. The summed E-state index contributed by atoms with van der Waals surface area (Å²) in [7, 11) is 1.63. The molecule has 3 amide bonds. The van der Waals surface area contributed by atoms with Gasteiger partial charge in [0.1, 0.15) is 5.75 Å². The van der Waals surface area contributed by atoms with E-state index >= 15 is 0 Å². The molecule has 4 rings (SSSR count). The second-order valence-electron chi connectivity index (χ2n) is 6.92. The number of nitrogens with zero attached hydrogens (tertiary/aromatic N) is 1. The van der Waals surface area contributed by atoms with Crippen LogP contribution >= 0.6 is 23.2 Å². The van der Waals surface area contributed by atoms with Gasteiger partial charge in [-0.1, -0.05) is 41.4 Å². The quantitative estimate of drug-likeness (QED) is 0.757. The third-order valence-electron chi connectivity index (χ3n) is 5.13. The van der Waals surface area contributed by atoms with Crippen molar-refractivity contribution < 1.29 is 14.3 Å². The third kappa shape index (κ3) is 3.91. The van der Waals surface area contributed by atoms with Crippen molar-refractivity contribution in [2.24, 2.45) is 0 Å². The minimum Gasteiger partial charge on any atom is -0.497 e. The summed E-state index contributed by atoms with van der Waals surface area (Å²) in [5, 5.41) is 6.38. The molecular weight excluding hydrogens is 413 g/mol. The molecule has 0 aliphatic carbocycles. The number of halogens is 2. The first-order valence-electron chi connectivity index (χ1n) is 9.14. The van der Waals surface area contributed by atoms with Crippen LogP contribution in [-0.2, 0) is 11.2 Å². The Bertz CT molecular complexity index is 1000. The molecule has 0 spiro atoms. The van der Waals surface area contributed by atoms with Crippen LogP contribution in [0, 0.1) is 0 Å². The van der Waals surface area contributed by atoms with Crippen LogP contribution < -0.4 is 15.4 Å². The lowest BCUT2D eigenvalue weighted by Gasteiger charge is -2.25. The smallest absolute Gasteiger partial charge is 0.319 e. The summed E-state index contributed by atoms with van der Waals surface area (Å²) in [6.45, 7) is 0.914.